The number of nitrogens with zero attached hydrogens (tertiary/aromatic N) is 1. The van der Waals surface area contributed by atoms with Crippen LogP contribution in [0, 0.1) is 0 Å². The molecule has 1 heterocycles. The van der Waals surface area contributed by atoms with Crippen molar-refractivity contribution < 1.29 is 7.85 Å². The first-order chi connectivity index (χ1) is 7.98. The van der Waals surface area contributed by atoms with Crippen LogP contribution >= 0.6 is 0 Å². The largest absolute Gasteiger partial charge is 0.392 e. The molecule has 1 aromatic carbocycles. The molecule has 0 atom stereocenters. The first-order valence-electron chi connectivity index (χ1n) is 5.49. The highest BCUT2D eigenvalue weighted by molar-refractivity contribution is 5.32. The molecule has 0 radical (unpaired) electrons. The van der Waals surface area contributed by atoms with Gasteiger partial charge in [-0.15, -0.1) is 0 Å². The van der Waals surface area contributed by atoms with Gasteiger partial charge in [0.2, 0.25) is 0 Å². The van der Waals surface area contributed by atoms with Crippen molar-refractivity contribution in [2.75, 3.05) is 0 Å². The minimum absolute atomic E-state index is 0.0425. The number of aromatic nitrogens is 1. The molecule has 0 fully saturated rings. The van der Waals surface area contributed by atoms with Gasteiger partial charge in [-0.1, -0.05) is 18.2 Å². The molecule has 0 unspecified atom stereocenters. The fourth-order valence-electron chi connectivity index (χ4n) is 1.34. The standard InChI is InChI=1S/C12H11NO2/c14-9-10-6-7-12(15)13(8-10)11-4-2-1-3-5-11/h1-8,14H,9H2/i9D2. The monoisotopic (exact) mass is 203 g/mol. The highest BCUT2D eigenvalue weighted by atomic mass is 16.3. The van der Waals surface area contributed by atoms with Gasteiger partial charge in [0.25, 0.3) is 5.56 Å². The number of pyridine rings is 1. The third-order valence-electron chi connectivity index (χ3n) is 2.07. The van der Waals surface area contributed by atoms with Crippen molar-refractivity contribution in [2.45, 2.75) is 6.56 Å². The molecule has 2 rings (SSSR count). The second-order valence-electron chi connectivity index (χ2n) is 3.07. The first-order valence-corrected chi connectivity index (χ1v) is 4.49. The van der Waals surface area contributed by atoms with Crippen LogP contribution in [0.2, 0.25) is 0 Å². The van der Waals surface area contributed by atoms with Crippen molar-refractivity contribution in [3.05, 3.63) is 64.6 Å². The summed E-state index contributed by atoms with van der Waals surface area (Å²) in [5.41, 5.74) is 0.397. The average Bonchev–Trinajstić information content (AvgIpc) is 2.29. The molecule has 76 valence electrons. The highest BCUT2D eigenvalue weighted by Gasteiger charge is 1.99. The SMILES string of the molecule is [2H]C([2H])(O)c1ccc(=O)n(-c2ccccc2)c1. The van der Waals surface area contributed by atoms with Crippen molar-refractivity contribution in [2.24, 2.45) is 0 Å². The fourth-order valence-corrected chi connectivity index (χ4v) is 1.34. The van der Waals surface area contributed by atoms with Gasteiger partial charge in [-0.2, -0.15) is 0 Å². The predicted octanol–water partition coefficient (Wildman–Crippen LogP) is 1.33. The minimum atomic E-state index is -2.45. The maximum absolute atomic E-state index is 11.7. The Labute approximate surface area is 90.0 Å². The predicted molar refractivity (Wildman–Crippen MR) is 58.0 cm³/mol. The van der Waals surface area contributed by atoms with Gasteiger partial charge in [0.05, 0.1) is 9.30 Å². The van der Waals surface area contributed by atoms with Crippen LogP contribution in [0.1, 0.15) is 8.30 Å². The first kappa shape index (κ1) is 7.43. The van der Waals surface area contributed by atoms with Gasteiger partial charge in [-0.25, -0.2) is 0 Å². The number of hydrogen-bond donors (Lipinski definition) is 1. The Balaban J connectivity index is 2.59. The second-order valence-corrected chi connectivity index (χ2v) is 3.07. The van der Waals surface area contributed by atoms with E-state index in [1.165, 1.54) is 22.9 Å². The summed E-state index contributed by atoms with van der Waals surface area (Å²) in [5, 5.41) is 9.27. The van der Waals surface area contributed by atoms with E-state index in [1.807, 2.05) is 6.07 Å². The summed E-state index contributed by atoms with van der Waals surface area (Å²) < 4.78 is 15.7. The van der Waals surface area contributed by atoms with Gasteiger partial charge in [-0.3, -0.25) is 9.36 Å². The van der Waals surface area contributed by atoms with Gasteiger partial charge < -0.3 is 5.11 Å². The van der Waals surface area contributed by atoms with Crippen LogP contribution in [0.25, 0.3) is 5.69 Å². The summed E-state index contributed by atoms with van der Waals surface area (Å²) in [7, 11) is 0. The zero-order valence-corrected chi connectivity index (χ0v) is 7.92. The van der Waals surface area contributed by atoms with Crippen molar-refractivity contribution in [1.29, 1.82) is 0 Å². The molecule has 0 aliphatic rings. The molecular weight excluding hydrogens is 190 g/mol. The average molecular weight is 203 g/mol. The Kier molecular flexibility index (Phi) is 2.03. The lowest BCUT2D eigenvalue weighted by atomic mass is 10.2. The molecule has 15 heavy (non-hydrogen) atoms. The fraction of sp³-hybridized carbons (Fsp3) is 0.0833. The lowest BCUT2D eigenvalue weighted by Crippen LogP contribution is -2.16. The third kappa shape index (κ3) is 1.97. The van der Waals surface area contributed by atoms with Crippen molar-refractivity contribution in [3.8, 4) is 5.69 Å². The number of rotatable bonds is 2. The van der Waals surface area contributed by atoms with Crippen LogP contribution in [0.15, 0.2) is 53.5 Å². The van der Waals surface area contributed by atoms with Gasteiger partial charge >= 0.3 is 0 Å². The van der Waals surface area contributed by atoms with E-state index in [2.05, 4.69) is 0 Å². The van der Waals surface area contributed by atoms with Gasteiger partial charge in [0, 0.05) is 18.0 Å². The summed E-state index contributed by atoms with van der Waals surface area (Å²) in [6.07, 6.45) is 1.30. The molecule has 1 aromatic heterocycles. The molecule has 0 aliphatic heterocycles. The highest BCUT2D eigenvalue weighted by Crippen LogP contribution is 2.05. The Morgan fingerprint density at radius 1 is 1.20 bits per heavy atom. The quantitative estimate of drug-likeness (QED) is 0.800. The molecule has 0 amide bonds. The second kappa shape index (κ2) is 4.11. The number of aliphatic hydroxyl groups is 1. The minimum Gasteiger partial charge on any atom is -0.392 e. The van der Waals surface area contributed by atoms with E-state index >= 15 is 0 Å². The molecule has 0 bridgehead atoms. The third-order valence-corrected chi connectivity index (χ3v) is 2.07. The van der Waals surface area contributed by atoms with Crippen LogP contribution in [0.5, 0.6) is 0 Å². The van der Waals surface area contributed by atoms with Crippen LogP contribution in [0.4, 0.5) is 0 Å². The van der Waals surface area contributed by atoms with E-state index in [9.17, 15) is 9.90 Å². The van der Waals surface area contributed by atoms with Crippen LogP contribution in [0.3, 0.4) is 0 Å². The summed E-state index contributed by atoms with van der Waals surface area (Å²) in [5.74, 6) is 0. The topological polar surface area (TPSA) is 42.2 Å². The zero-order chi connectivity index (χ0) is 12.5. The number of benzene rings is 1. The van der Waals surface area contributed by atoms with E-state index in [4.69, 9.17) is 2.74 Å². The van der Waals surface area contributed by atoms with Crippen LogP contribution in [-0.4, -0.2) is 9.67 Å². The smallest absolute Gasteiger partial charge is 0.255 e. The lowest BCUT2D eigenvalue weighted by Gasteiger charge is -2.06. The molecule has 0 saturated carbocycles. The van der Waals surface area contributed by atoms with Crippen LogP contribution in [-0.2, 0) is 6.56 Å². The van der Waals surface area contributed by atoms with Gasteiger partial charge in [0.15, 0.2) is 0 Å². The Bertz CT molecular complexity index is 573. The molecular formula is C12H11NO2. The van der Waals surface area contributed by atoms with Crippen molar-refractivity contribution in [3.63, 3.8) is 0 Å². The van der Waals surface area contributed by atoms with E-state index in [-0.39, 0.29) is 11.1 Å². The molecule has 1 N–H and O–H groups in total. The number of hydrogen-bond acceptors (Lipinski definition) is 2. The summed E-state index contributed by atoms with van der Waals surface area (Å²) in [4.78, 5) is 11.7. The summed E-state index contributed by atoms with van der Waals surface area (Å²) >= 11 is 0. The lowest BCUT2D eigenvalue weighted by molar-refractivity contribution is 0.281. The maximum atomic E-state index is 11.7. The van der Waals surface area contributed by atoms with E-state index < -0.39 is 6.56 Å². The van der Waals surface area contributed by atoms with Gasteiger partial charge in [0.1, 0.15) is 0 Å². The van der Waals surface area contributed by atoms with Crippen molar-refractivity contribution >= 4 is 0 Å². The molecule has 3 nitrogen and oxygen atoms in total. The molecule has 3 heteroatoms. The number of para-hydroxylation sites is 1. The Morgan fingerprint density at radius 3 is 2.60 bits per heavy atom. The Morgan fingerprint density at radius 2 is 1.93 bits per heavy atom. The summed E-state index contributed by atoms with van der Waals surface area (Å²) in [6, 6.07) is 11.4. The van der Waals surface area contributed by atoms with Crippen molar-refractivity contribution in [1.82, 2.24) is 4.57 Å². The maximum Gasteiger partial charge on any atom is 0.255 e. The summed E-state index contributed by atoms with van der Waals surface area (Å²) in [6.45, 7) is -2.45. The van der Waals surface area contributed by atoms with Crippen LogP contribution < -0.4 is 5.56 Å². The zero-order valence-electron chi connectivity index (χ0n) is 9.92. The Hall–Kier alpha value is -1.87. The normalized spacial score (nSPS) is 13.1. The van der Waals surface area contributed by atoms with Gasteiger partial charge in [-0.05, 0) is 23.8 Å². The van der Waals surface area contributed by atoms with E-state index in [1.54, 1.807) is 24.3 Å². The van der Waals surface area contributed by atoms with E-state index in [0.29, 0.717) is 5.69 Å². The molecule has 0 saturated heterocycles. The molecule has 2 aromatic rings. The molecule has 0 spiro atoms. The molecule has 0 aliphatic carbocycles. The van der Waals surface area contributed by atoms with E-state index in [0.717, 1.165) is 0 Å².